The summed E-state index contributed by atoms with van der Waals surface area (Å²) < 4.78 is 6.80. The normalized spacial score (nSPS) is 10.8. The van der Waals surface area contributed by atoms with E-state index in [1.807, 2.05) is 54.6 Å². The molecule has 1 amide bonds. The molecule has 0 radical (unpaired) electrons. The molecule has 0 aliphatic heterocycles. The van der Waals surface area contributed by atoms with Gasteiger partial charge < -0.3 is 10.1 Å². The van der Waals surface area contributed by atoms with Crippen LogP contribution in [-0.4, -0.2) is 39.0 Å². The van der Waals surface area contributed by atoms with Gasteiger partial charge in [-0.25, -0.2) is 0 Å². The molecule has 0 unspecified atom stereocenters. The Morgan fingerprint density at radius 1 is 1.07 bits per heavy atom. The van der Waals surface area contributed by atoms with E-state index in [4.69, 9.17) is 4.74 Å². The van der Waals surface area contributed by atoms with Gasteiger partial charge in [0.15, 0.2) is 0 Å². The Morgan fingerprint density at radius 3 is 2.79 bits per heavy atom. The molecule has 0 saturated heterocycles. The number of fused-ring (bicyclic) bond motifs is 1. The van der Waals surface area contributed by atoms with E-state index >= 15 is 0 Å². The van der Waals surface area contributed by atoms with Crippen molar-refractivity contribution < 1.29 is 9.53 Å². The minimum absolute atomic E-state index is 0.147. The molecule has 0 atom stereocenters. The lowest BCUT2D eigenvalue weighted by atomic mass is 10.1. The second-order valence-corrected chi connectivity index (χ2v) is 6.92. The first-order chi connectivity index (χ1) is 13.7. The zero-order chi connectivity index (χ0) is 19.3. The highest BCUT2D eigenvalue weighted by Crippen LogP contribution is 2.23. The Bertz CT molecular complexity index is 1130. The molecule has 0 fully saturated rings. The van der Waals surface area contributed by atoms with Gasteiger partial charge in [-0.2, -0.15) is 4.68 Å². The number of amides is 1. The summed E-state index contributed by atoms with van der Waals surface area (Å²) in [7, 11) is 1.59. The third-order valence-corrected chi connectivity index (χ3v) is 5.02. The number of tetrazole rings is 1. The Morgan fingerprint density at radius 2 is 1.93 bits per heavy atom. The summed E-state index contributed by atoms with van der Waals surface area (Å²) in [5, 5.41) is 17.5. The van der Waals surface area contributed by atoms with E-state index < -0.39 is 0 Å². The Labute approximate surface area is 165 Å². The lowest BCUT2D eigenvalue weighted by molar-refractivity contribution is -0.113. The summed E-state index contributed by atoms with van der Waals surface area (Å²) in [5.41, 5.74) is 1.53. The number of nitrogens with one attached hydrogen (secondary N) is 1. The van der Waals surface area contributed by atoms with Gasteiger partial charge in [0.2, 0.25) is 11.1 Å². The summed E-state index contributed by atoms with van der Waals surface area (Å²) in [6.45, 7) is 0. The molecule has 0 aliphatic rings. The number of carbonyl (C=O) groups is 1. The maximum atomic E-state index is 12.3. The van der Waals surface area contributed by atoms with Gasteiger partial charge in [0, 0.05) is 11.8 Å². The summed E-state index contributed by atoms with van der Waals surface area (Å²) in [4.78, 5) is 12.3. The van der Waals surface area contributed by atoms with Crippen molar-refractivity contribution in [3.05, 3.63) is 66.7 Å². The monoisotopic (exact) mass is 391 g/mol. The second-order valence-electron chi connectivity index (χ2n) is 5.97. The van der Waals surface area contributed by atoms with E-state index in [0.29, 0.717) is 16.6 Å². The van der Waals surface area contributed by atoms with Crippen LogP contribution in [-0.2, 0) is 4.79 Å². The molecule has 8 heteroatoms. The average Bonchev–Trinajstić information content (AvgIpc) is 3.20. The predicted octanol–water partition coefficient (Wildman–Crippen LogP) is 3.55. The van der Waals surface area contributed by atoms with Crippen molar-refractivity contribution in [2.45, 2.75) is 5.16 Å². The first-order valence-corrected chi connectivity index (χ1v) is 9.56. The van der Waals surface area contributed by atoms with Crippen molar-refractivity contribution in [1.29, 1.82) is 0 Å². The topological polar surface area (TPSA) is 81.9 Å². The number of anilines is 1. The van der Waals surface area contributed by atoms with Crippen LogP contribution >= 0.6 is 11.8 Å². The van der Waals surface area contributed by atoms with Crippen molar-refractivity contribution in [2.24, 2.45) is 0 Å². The van der Waals surface area contributed by atoms with Crippen molar-refractivity contribution in [3.8, 4) is 11.4 Å². The molecule has 28 heavy (non-hydrogen) atoms. The highest BCUT2D eigenvalue weighted by atomic mass is 32.2. The third-order valence-electron chi connectivity index (χ3n) is 4.10. The quantitative estimate of drug-likeness (QED) is 0.506. The highest BCUT2D eigenvalue weighted by molar-refractivity contribution is 7.99. The van der Waals surface area contributed by atoms with Crippen LogP contribution in [0.15, 0.2) is 71.9 Å². The number of methoxy groups -OCH3 is 1. The summed E-state index contributed by atoms with van der Waals surface area (Å²) in [6.07, 6.45) is 0. The van der Waals surface area contributed by atoms with Gasteiger partial charge in [0.25, 0.3) is 0 Å². The van der Waals surface area contributed by atoms with Crippen LogP contribution in [0.2, 0.25) is 0 Å². The van der Waals surface area contributed by atoms with E-state index in [-0.39, 0.29) is 11.7 Å². The van der Waals surface area contributed by atoms with Crippen LogP contribution in [0, 0.1) is 0 Å². The van der Waals surface area contributed by atoms with Crippen LogP contribution in [0.3, 0.4) is 0 Å². The number of hydrogen-bond donors (Lipinski definition) is 1. The Balaban J connectivity index is 1.46. The van der Waals surface area contributed by atoms with Crippen LogP contribution in [0.25, 0.3) is 16.5 Å². The van der Waals surface area contributed by atoms with E-state index in [9.17, 15) is 4.79 Å². The smallest absolute Gasteiger partial charge is 0.234 e. The van der Waals surface area contributed by atoms with Gasteiger partial charge in [0.05, 0.1) is 18.6 Å². The molecule has 1 heterocycles. The van der Waals surface area contributed by atoms with Crippen LogP contribution < -0.4 is 10.1 Å². The van der Waals surface area contributed by atoms with Crippen molar-refractivity contribution in [1.82, 2.24) is 20.2 Å². The van der Waals surface area contributed by atoms with Crippen LogP contribution in [0.1, 0.15) is 0 Å². The minimum atomic E-state index is -0.147. The number of rotatable bonds is 6. The summed E-state index contributed by atoms with van der Waals surface area (Å²) >= 11 is 1.27. The van der Waals surface area contributed by atoms with Crippen molar-refractivity contribution in [3.63, 3.8) is 0 Å². The number of ether oxygens (including phenoxy) is 1. The standard InChI is InChI=1S/C20H17N5O2S/c1-27-18-8-4-7-16(12-18)21-19(26)13-28-20-22-23-24-25(20)17-10-9-14-5-2-3-6-15(14)11-17/h2-12H,13H2,1H3,(H,21,26). The second kappa shape index (κ2) is 8.10. The van der Waals surface area contributed by atoms with Crippen LogP contribution in [0.4, 0.5) is 5.69 Å². The first-order valence-electron chi connectivity index (χ1n) is 8.57. The Kier molecular flexibility index (Phi) is 5.20. The van der Waals surface area contributed by atoms with Crippen LogP contribution in [0.5, 0.6) is 5.75 Å². The zero-order valence-electron chi connectivity index (χ0n) is 15.1. The van der Waals surface area contributed by atoms with Gasteiger partial charge in [-0.05, 0) is 45.5 Å². The molecule has 3 aromatic carbocycles. The molecule has 0 bridgehead atoms. The highest BCUT2D eigenvalue weighted by Gasteiger charge is 2.12. The fourth-order valence-electron chi connectivity index (χ4n) is 2.77. The molecular weight excluding hydrogens is 374 g/mol. The van der Waals surface area contributed by atoms with E-state index in [0.717, 1.165) is 16.5 Å². The molecule has 0 saturated carbocycles. The lowest BCUT2D eigenvalue weighted by Crippen LogP contribution is -2.14. The van der Waals surface area contributed by atoms with Gasteiger partial charge in [-0.15, -0.1) is 5.10 Å². The first kappa shape index (κ1) is 18.0. The fourth-order valence-corrected chi connectivity index (χ4v) is 3.46. The van der Waals surface area contributed by atoms with E-state index in [1.165, 1.54) is 11.8 Å². The summed E-state index contributed by atoms with van der Waals surface area (Å²) in [5.74, 6) is 0.725. The maximum Gasteiger partial charge on any atom is 0.234 e. The minimum Gasteiger partial charge on any atom is -0.497 e. The number of benzene rings is 3. The largest absolute Gasteiger partial charge is 0.497 e. The molecule has 1 N–H and O–H groups in total. The average molecular weight is 391 g/mol. The van der Waals surface area contributed by atoms with Gasteiger partial charge >= 0.3 is 0 Å². The molecule has 4 rings (SSSR count). The number of thioether (sulfide) groups is 1. The molecule has 4 aromatic rings. The van der Waals surface area contributed by atoms with Gasteiger partial charge in [-0.3, -0.25) is 4.79 Å². The lowest BCUT2D eigenvalue weighted by Gasteiger charge is -2.07. The molecule has 0 aliphatic carbocycles. The molecule has 7 nitrogen and oxygen atoms in total. The number of aromatic nitrogens is 4. The van der Waals surface area contributed by atoms with E-state index in [1.54, 1.807) is 17.9 Å². The zero-order valence-corrected chi connectivity index (χ0v) is 15.9. The van der Waals surface area contributed by atoms with Gasteiger partial charge in [0.1, 0.15) is 5.75 Å². The molecule has 1 aromatic heterocycles. The molecular formula is C20H17N5O2S. The van der Waals surface area contributed by atoms with Crippen molar-refractivity contribution in [2.75, 3.05) is 18.2 Å². The van der Waals surface area contributed by atoms with Gasteiger partial charge in [-0.1, -0.05) is 48.2 Å². The predicted molar refractivity (Wildman–Crippen MR) is 109 cm³/mol. The summed E-state index contributed by atoms with van der Waals surface area (Å²) in [6, 6.07) is 21.3. The third kappa shape index (κ3) is 3.96. The number of nitrogens with zero attached hydrogens (tertiary/aromatic N) is 4. The number of carbonyl (C=O) groups excluding carboxylic acids is 1. The number of hydrogen-bond acceptors (Lipinski definition) is 6. The van der Waals surface area contributed by atoms with Crippen molar-refractivity contribution >= 4 is 34.1 Å². The fraction of sp³-hybridized carbons (Fsp3) is 0.100. The molecule has 140 valence electrons. The SMILES string of the molecule is COc1cccc(NC(=O)CSc2nnnn2-c2ccc3ccccc3c2)c1. The maximum absolute atomic E-state index is 12.3. The Hall–Kier alpha value is -3.39. The van der Waals surface area contributed by atoms with E-state index in [2.05, 4.69) is 26.9 Å². The molecule has 0 spiro atoms.